The van der Waals surface area contributed by atoms with Gasteiger partial charge in [-0.3, -0.25) is 4.79 Å². The van der Waals surface area contributed by atoms with Crippen LogP contribution in [0.1, 0.15) is 33.1 Å². The fourth-order valence-electron chi connectivity index (χ4n) is 3.20. The molecule has 0 bridgehead atoms. The number of nitrogens with two attached hydrogens (primary N) is 1. The van der Waals surface area contributed by atoms with Gasteiger partial charge >= 0.3 is 6.03 Å². The number of benzene rings is 1. The van der Waals surface area contributed by atoms with Crippen LogP contribution in [0.4, 0.5) is 10.5 Å². The second-order valence-electron chi connectivity index (χ2n) is 7.15. The first-order valence-corrected chi connectivity index (χ1v) is 9.11. The van der Waals surface area contributed by atoms with Crippen molar-refractivity contribution in [1.29, 1.82) is 0 Å². The average Bonchev–Trinajstić information content (AvgIpc) is 2.61. The minimum Gasteiger partial charge on any atom is -0.352 e. The number of anilines is 1. The van der Waals surface area contributed by atoms with E-state index in [2.05, 4.69) is 24.5 Å². The van der Waals surface area contributed by atoms with E-state index in [1.807, 2.05) is 30.3 Å². The molecule has 2 unspecified atom stereocenters. The molecule has 1 aliphatic heterocycles. The largest absolute Gasteiger partial charge is 0.352 e. The van der Waals surface area contributed by atoms with E-state index in [0.29, 0.717) is 25.6 Å². The molecule has 1 aromatic carbocycles. The maximum atomic E-state index is 12.6. The quantitative estimate of drug-likeness (QED) is 0.739. The van der Waals surface area contributed by atoms with E-state index >= 15 is 0 Å². The van der Waals surface area contributed by atoms with Crippen LogP contribution in [0.25, 0.3) is 0 Å². The second-order valence-corrected chi connectivity index (χ2v) is 7.15. The minimum atomic E-state index is -0.170. The van der Waals surface area contributed by atoms with Gasteiger partial charge in [0.1, 0.15) is 0 Å². The van der Waals surface area contributed by atoms with Crippen LogP contribution < -0.4 is 16.4 Å². The van der Waals surface area contributed by atoms with Crippen molar-refractivity contribution in [2.45, 2.75) is 39.2 Å². The number of nitrogens with one attached hydrogen (secondary N) is 2. The predicted octanol–water partition coefficient (Wildman–Crippen LogP) is 2.42. The van der Waals surface area contributed by atoms with Gasteiger partial charge in [-0.25, -0.2) is 4.79 Å². The second kappa shape index (κ2) is 9.42. The number of hydrogen-bond acceptors (Lipinski definition) is 3. The van der Waals surface area contributed by atoms with E-state index in [1.54, 1.807) is 4.90 Å². The molecule has 0 spiro atoms. The summed E-state index contributed by atoms with van der Waals surface area (Å²) in [7, 11) is 0. The first-order valence-electron chi connectivity index (χ1n) is 9.11. The predicted molar refractivity (Wildman–Crippen MR) is 100 cm³/mol. The average molecular weight is 346 g/mol. The van der Waals surface area contributed by atoms with E-state index in [-0.39, 0.29) is 23.9 Å². The Labute approximate surface area is 150 Å². The summed E-state index contributed by atoms with van der Waals surface area (Å²) in [5, 5.41) is 5.94. The molecule has 1 heterocycles. The molecule has 1 aliphatic rings. The summed E-state index contributed by atoms with van der Waals surface area (Å²) in [5.41, 5.74) is 6.53. The molecule has 1 fully saturated rings. The summed E-state index contributed by atoms with van der Waals surface area (Å²) >= 11 is 0. The minimum absolute atomic E-state index is 0.000946. The van der Waals surface area contributed by atoms with Gasteiger partial charge in [0, 0.05) is 31.4 Å². The molecule has 1 aromatic rings. The van der Waals surface area contributed by atoms with Crippen molar-refractivity contribution in [3.8, 4) is 0 Å². The normalized spacial score (nSPS) is 18.7. The third-order valence-electron chi connectivity index (χ3n) is 4.49. The summed E-state index contributed by atoms with van der Waals surface area (Å²) in [6, 6.07) is 9.21. The molecule has 2 atom stereocenters. The van der Waals surface area contributed by atoms with Gasteiger partial charge in [-0.1, -0.05) is 32.0 Å². The van der Waals surface area contributed by atoms with Gasteiger partial charge in [0.2, 0.25) is 5.91 Å². The summed E-state index contributed by atoms with van der Waals surface area (Å²) in [6.07, 6.45) is 2.50. The van der Waals surface area contributed by atoms with Crippen molar-refractivity contribution >= 4 is 17.6 Å². The highest BCUT2D eigenvalue weighted by molar-refractivity contribution is 5.90. The Morgan fingerprint density at radius 1 is 1.28 bits per heavy atom. The lowest BCUT2D eigenvalue weighted by Gasteiger charge is -2.33. The van der Waals surface area contributed by atoms with Crippen molar-refractivity contribution in [1.82, 2.24) is 10.2 Å². The Morgan fingerprint density at radius 2 is 2.00 bits per heavy atom. The SMILES string of the molecule is CC(C)CC(CN)NC(=O)C1CCCN(C(=O)Nc2ccccc2)C1. The van der Waals surface area contributed by atoms with Crippen LogP contribution in [0.5, 0.6) is 0 Å². The summed E-state index contributed by atoms with van der Waals surface area (Å²) in [6.45, 7) is 5.79. The lowest BCUT2D eigenvalue weighted by molar-refractivity contribution is -0.127. The molecule has 0 aromatic heterocycles. The van der Waals surface area contributed by atoms with Crippen LogP contribution in [-0.4, -0.2) is 42.5 Å². The fourth-order valence-corrected chi connectivity index (χ4v) is 3.20. The monoisotopic (exact) mass is 346 g/mol. The van der Waals surface area contributed by atoms with Crippen molar-refractivity contribution in [3.05, 3.63) is 30.3 Å². The lowest BCUT2D eigenvalue weighted by atomic mass is 9.96. The van der Waals surface area contributed by atoms with E-state index in [4.69, 9.17) is 5.73 Å². The number of para-hydroxylation sites is 1. The van der Waals surface area contributed by atoms with E-state index in [0.717, 1.165) is 24.9 Å². The molecule has 138 valence electrons. The van der Waals surface area contributed by atoms with Gasteiger partial charge < -0.3 is 21.3 Å². The van der Waals surface area contributed by atoms with Gasteiger partial charge in [0.25, 0.3) is 0 Å². The molecule has 1 saturated heterocycles. The maximum absolute atomic E-state index is 12.6. The van der Waals surface area contributed by atoms with E-state index in [9.17, 15) is 9.59 Å². The van der Waals surface area contributed by atoms with Crippen molar-refractivity contribution < 1.29 is 9.59 Å². The molecule has 0 saturated carbocycles. The lowest BCUT2D eigenvalue weighted by Crippen LogP contribution is -2.50. The zero-order valence-corrected chi connectivity index (χ0v) is 15.2. The Bertz CT molecular complexity index is 562. The van der Waals surface area contributed by atoms with Crippen LogP contribution >= 0.6 is 0 Å². The zero-order valence-electron chi connectivity index (χ0n) is 15.2. The molecule has 3 amide bonds. The number of hydrogen-bond donors (Lipinski definition) is 3. The van der Waals surface area contributed by atoms with Crippen LogP contribution in [0, 0.1) is 11.8 Å². The number of piperidine rings is 1. The van der Waals surface area contributed by atoms with Crippen LogP contribution in [-0.2, 0) is 4.79 Å². The summed E-state index contributed by atoms with van der Waals surface area (Å²) < 4.78 is 0. The highest BCUT2D eigenvalue weighted by Gasteiger charge is 2.29. The van der Waals surface area contributed by atoms with Gasteiger partial charge in [-0.15, -0.1) is 0 Å². The number of carbonyl (C=O) groups is 2. The van der Waals surface area contributed by atoms with Gasteiger partial charge in [0.05, 0.1) is 5.92 Å². The molecule has 0 aliphatic carbocycles. The number of likely N-dealkylation sites (tertiary alicyclic amines) is 1. The Kier molecular flexibility index (Phi) is 7.25. The van der Waals surface area contributed by atoms with E-state index < -0.39 is 0 Å². The van der Waals surface area contributed by atoms with Crippen LogP contribution in [0.2, 0.25) is 0 Å². The van der Waals surface area contributed by atoms with Crippen molar-refractivity contribution in [3.63, 3.8) is 0 Å². The molecular formula is C19H30N4O2. The van der Waals surface area contributed by atoms with Crippen molar-refractivity contribution in [2.24, 2.45) is 17.6 Å². The van der Waals surface area contributed by atoms with Gasteiger partial charge in [-0.05, 0) is 37.3 Å². The molecule has 6 nitrogen and oxygen atoms in total. The number of nitrogens with zero attached hydrogens (tertiary/aromatic N) is 1. The summed E-state index contributed by atoms with van der Waals surface area (Å²) in [4.78, 5) is 26.7. The summed E-state index contributed by atoms with van der Waals surface area (Å²) in [5.74, 6) is 0.318. The Hall–Kier alpha value is -2.08. The smallest absolute Gasteiger partial charge is 0.321 e. The first kappa shape index (κ1) is 19.2. The topological polar surface area (TPSA) is 87.5 Å². The molecule has 6 heteroatoms. The van der Waals surface area contributed by atoms with Crippen molar-refractivity contribution in [2.75, 3.05) is 25.0 Å². The highest BCUT2D eigenvalue weighted by atomic mass is 16.2. The van der Waals surface area contributed by atoms with Gasteiger partial charge in [0.15, 0.2) is 0 Å². The number of amides is 3. The van der Waals surface area contributed by atoms with Gasteiger partial charge in [-0.2, -0.15) is 0 Å². The molecule has 0 radical (unpaired) electrons. The molecular weight excluding hydrogens is 316 g/mol. The Morgan fingerprint density at radius 3 is 2.64 bits per heavy atom. The molecule has 25 heavy (non-hydrogen) atoms. The first-order chi connectivity index (χ1) is 12.0. The maximum Gasteiger partial charge on any atom is 0.321 e. The number of rotatable bonds is 6. The van der Waals surface area contributed by atoms with Crippen LogP contribution in [0.3, 0.4) is 0 Å². The standard InChI is InChI=1S/C19H30N4O2/c1-14(2)11-17(12-20)21-18(24)15-7-6-10-23(13-15)19(25)22-16-8-4-3-5-9-16/h3-5,8-9,14-15,17H,6-7,10-13,20H2,1-2H3,(H,21,24)(H,22,25). The molecule has 4 N–H and O–H groups in total. The number of carbonyl (C=O) groups excluding carboxylic acids is 2. The molecule has 2 rings (SSSR count). The number of urea groups is 1. The van der Waals surface area contributed by atoms with E-state index in [1.165, 1.54) is 0 Å². The third-order valence-corrected chi connectivity index (χ3v) is 4.49. The third kappa shape index (κ3) is 6.05. The Balaban J connectivity index is 1.88. The highest BCUT2D eigenvalue weighted by Crippen LogP contribution is 2.18. The van der Waals surface area contributed by atoms with Crippen LogP contribution in [0.15, 0.2) is 30.3 Å². The zero-order chi connectivity index (χ0) is 18.2. The fraction of sp³-hybridized carbons (Fsp3) is 0.579.